The predicted molar refractivity (Wildman–Crippen MR) is 71.3 cm³/mol. The maximum atomic E-state index is 12.9. The van der Waals surface area contributed by atoms with Gasteiger partial charge in [-0.2, -0.15) is 8.78 Å². The van der Waals surface area contributed by atoms with E-state index in [2.05, 4.69) is 11.6 Å². The summed E-state index contributed by atoms with van der Waals surface area (Å²) in [5, 5.41) is -3.81. The third-order valence-corrected chi connectivity index (χ3v) is 2.64. The summed E-state index contributed by atoms with van der Waals surface area (Å²) >= 11 is 10.3. The molecule has 0 fully saturated rings. The number of allylic oxidation sites excluding steroid dienone is 1. The zero-order valence-electron chi connectivity index (χ0n) is 10.3. The maximum Gasteiger partial charge on any atom is 0.385 e. The van der Waals surface area contributed by atoms with E-state index in [1.165, 1.54) is 24.3 Å². The van der Waals surface area contributed by atoms with E-state index in [4.69, 9.17) is 16.3 Å². The summed E-state index contributed by atoms with van der Waals surface area (Å²) < 4.78 is 30.5. The van der Waals surface area contributed by atoms with Crippen LogP contribution in [0, 0.1) is 0 Å². The molecule has 7 heteroatoms. The molecule has 0 atom stereocenters. The zero-order chi connectivity index (χ0) is 15.3. The number of hydrogen-bond acceptors (Lipinski definition) is 3. The van der Waals surface area contributed by atoms with Gasteiger partial charge in [0, 0.05) is 10.6 Å². The van der Waals surface area contributed by atoms with Gasteiger partial charge in [-0.25, -0.2) is 0 Å². The van der Waals surface area contributed by atoms with E-state index < -0.39 is 22.5 Å². The zero-order valence-corrected chi connectivity index (χ0v) is 11.8. The predicted octanol–water partition coefficient (Wildman–Crippen LogP) is 3.84. The third kappa shape index (κ3) is 4.28. The van der Waals surface area contributed by atoms with Gasteiger partial charge < -0.3 is 4.74 Å². The normalized spacial score (nSPS) is 12.2. The highest BCUT2D eigenvalue weighted by molar-refractivity contribution is 6.41. The first-order valence-electron chi connectivity index (χ1n) is 5.51. The van der Waals surface area contributed by atoms with Crippen molar-refractivity contribution < 1.29 is 23.1 Å². The molecule has 0 spiro atoms. The fourth-order valence-electron chi connectivity index (χ4n) is 1.29. The Balaban J connectivity index is 3.15. The molecule has 20 heavy (non-hydrogen) atoms. The molecule has 0 aromatic heterocycles. The fraction of sp³-hybridized carbons (Fsp3) is 0.231. The van der Waals surface area contributed by atoms with Crippen LogP contribution >= 0.6 is 23.2 Å². The lowest BCUT2D eigenvalue weighted by molar-refractivity contribution is -0.129. The Bertz CT molecular complexity index is 534. The first kappa shape index (κ1) is 16.6. The van der Waals surface area contributed by atoms with Gasteiger partial charge in [-0.1, -0.05) is 11.6 Å². The van der Waals surface area contributed by atoms with Crippen molar-refractivity contribution in [2.75, 3.05) is 6.61 Å². The molecule has 108 valence electrons. The number of ether oxygens (including phenoxy) is 1. The van der Waals surface area contributed by atoms with Crippen LogP contribution < -0.4 is 0 Å². The van der Waals surface area contributed by atoms with Gasteiger partial charge in [0.25, 0.3) is 5.78 Å². The molecular weight excluding hydrogens is 313 g/mol. The summed E-state index contributed by atoms with van der Waals surface area (Å²) in [5.74, 6) is -2.73. The van der Waals surface area contributed by atoms with Crippen LogP contribution in [0.15, 0.2) is 36.1 Å². The van der Waals surface area contributed by atoms with Crippen LogP contribution in [-0.2, 0) is 9.53 Å². The van der Waals surface area contributed by atoms with E-state index in [0.717, 1.165) is 0 Å². The Kier molecular flexibility index (Phi) is 5.65. The lowest BCUT2D eigenvalue weighted by Gasteiger charge is -2.10. The monoisotopic (exact) mass is 322 g/mol. The van der Waals surface area contributed by atoms with Gasteiger partial charge in [0.15, 0.2) is 5.78 Å². The van der Waals surface area contributed by atoms with Crippen molar-refractivity contribution in [1.82, 2.24) is 0 Å². The van der Waals surface area contributed by atoms with Crippen LogP contribution in [0.3, 0.4) is 0 Å². The topological polar surface area (TPSA) is 43.4 Å². The Hall–Kier alpha value is -1.46. The van der Waals surface area contributed by atoms with Crippen molar-refractivity contribution in [3.8, 4) is 0 Å². The largest absolute Gasteiger partial charge is 0.501 e. The van der Waals surface area contributed by atoms with Crippen LogP contribution in [0.1, 0.15) is 17.3 Å². The van der Waals surface area contributed by atoms with Gasteiger partial charge in [-0.15, -0.1) is 0 Å². The molecular formula is C13H10Cl2F2O3. The minimum atomic E-state index is -4.18. The third-order valence-electron chi connectivity index (χ3n) is 2.22. The second-order valence-corrected chi connectivity index (χ2v) is 4.56. The summed E-state index contributed by atoms with van der Waals surface area (Å²) in [5.41, 5.74) is -0.802. The van der Waals surface area contributed by atoms with E-state index in [-0.39, 0.29) is 12.2 Å². The van der Waals surface area contributed by atoms with E-state index in [0.29, 0.717) is 11.3 Å². The molecule has 0 saturated heterocycles. The van der Waals surface area contributed by atoms with E-state index in [1.54, 1.807) is 6.92 Å². The summed E-state index contributed by atoms with van der Waals surface area (Å²) in [4.78, 5) is 23.5. The number of halogens is 4. The van der Waals surface area contributed by atoms with Crippen LogP contribution in [0.4, 0.5) is 8.78 Å². The lowest BCUT2D eigenvalue weighted by Crippen LogP contribution is -2.27. The molecule has 0 bridgehead atoms. The van der Waals surface area contributed by atoms with Crippen molar-refractivity contribution in [2.45, 2.75) is 12.3 Å². The number of benzene rings is 1. The number of alkyl halides is 3. The molecule has 1 aromatic rings. The molecule has 0 aliphatic carbocycles. The minimum absolute atomic E-state index is 0.0228. The first-order valence-corrected chi connectivity index (χ1v) is 6.26. The van der Waals surface area contributed by atoms with Gasteiger partial charge in [-0.3, -0.25) is 9.59 Å². The van der Waals surface area contributed by atoms with Gasteiger partial charge >= 0.3 is 5.38 Å². The Labute approximate surface area is 124 Å². The molecule has 0 aliphatic rings. The lowest BCUT2D eigenvalue weighted by atomic mass is 10.0. The average Bonchev–Trinajstić information content (AvgIpc) is 2.38. The van der Waals surface area contributed by atoms with Gasteiger partial charge in [0.2, 0.25) is 0 Å². The van der Waals surface area contributed by atoms with Crippen molar-refractivity contribution in [1.29, 1.82) is 0 Å². The first-order chi connectivity index (χ1) is 9.27. The second kappa shape index (κ2) is 6.81. The molecule has 0 N–H and O–H groups in total. The molecule has 0 saturated carbocycles. The van der Waals surface area contributed by atoms with Crippen LogP contribution in [0.2, 0.25) is 5.02 Å². The van der Waals surface area contributed by atoms with Crippen molar-refractivity contribution in [2.24, 2.45) is 0 Å². The highest BCUT2D eigenvalue weighted by Gasteiger charge is 2.41. The highest BCUT2D eigenvalue weighted by Crippen LogP contribution is 2.26. The van der Waals surface area contributed by atoms with Gasteiger partial charge in [0.1, 0.15) is 5.57 Å². The second-order valence-electron chi connectivity index (χ2n) is 3.65. The molecule has 0 radical (unpaired) electrons. The number of ketones is 2. The van der Waals surface area contributed by atoms with Crippen molar-refractivity contribution in [3.05, 3.63) is 46.7 Å². The van der Waals surface area contributed by atoms with E-state index >= 15 is 0 Å². The number of carbonyl (C=O) groups excluding carboxylic acids is 2. The number of hydrogen-bond donors (Lipinski definition) is 0. The summed E-state index contributed by atoms with van der Waals surface area (Å²) in [7, 11) is 0. The number of Topliss-reactive ketones (excluding diaryl/α,β-unsaturated/α-hetero) is 2. The molecule has 1 rings (SSSR count). The van der Waals surface area contributed by atoms with E-state index in [1.807, 2.05) is 0 Å². The summed E-state index contributed by atoms with van der Waals surface area (Å²) in [6.07, 6.45) is 0.690. The summed E-state index contributed by atoms with van der Waals surface area (Å²) in [6, 6.07) is 5.42. The molecule has 0 unspecified atom stereocenters. The van der Waals surface area contributed by atoms with Crippen molar-refractivity contribution in [3.63, 3.8) is 0 Å². The molecule has 1 aromatic carbocycles. The highest BCUT2D eigenvalue weighted by atomic mass is 35.5. The molecule has 0 heterocycles. The van der Waals surface area contributed by atoms with Crippen LogP contribution in [0.25, 0.3) is 0 Å². The summed E-state index contributed by atoms with van der Waals surface area (Å²) in [6.45, 7) is 1.68. The standard InChI is InChI=1S/C13H10Cl2F2O3/c1-2-20-7-10(12(19)13(15,16)17)11(18)8-3-5-9(14)6-4-8/h3-7H,2H2,1H3. The SMILES string of the molecule is CCOC=C(C(=O)c1ccc(Cl)cc1)C(=O)C(F)(F)Cl. The van der Waals surface area contributed by atoms with Crippen LogP contribution in [-0.4, -0.2) is 23.6 Å². The Morgan fingerprint density at radius 1 is 1.30 bits per heavy atom. The quantitative estimate of drug-likeness (QED) is 0.199. The van der Waals surface area contributed by atoms with Gasteiger partial charge in [0.05, 0.1) is 12.9 Å². The van der Waals surface area contributed by atoms with Crippen LogP contribution in [0.5, 0.6) is 0 Å². The Morgan fingerprint density at radius 2 is 1.85 bits per heavy atom. The smallest absolute Gasteiger partial charge is 0.385 e. The molecule has 0 aliphatic heterocycles. The van der Waals surface area contributed by atoms with Gasteiger partial charge in [-0.05, 0) is 42.8 Å². The van der Waals surface area contributed by atoms with Crippen molar-refractivity contribution >= 4 is 34.8 Å². The number of carbonyl (C=O) groups is 2. The Morgan fingerprint density at radius 3 is 2.30 bits per heavy atom. The minimum Gasteiger partial charge on any atom is -0.501 e. The fourth-order valence-corrected chi connectivity index (χ4v) is 1.51. The molecule has 3 nitrogen and oxygen atoms in total. The number of rotatable bonds is 6. The average molecular weight is 323 g/mol. The molecule has 0 amide bonds. The maximum absolute atomic E-state index is 12.9. The van der Waals surface area contributed by atoms with E-state index in [9.17, 15) is 18.4 Å².